The number of rotatable bonds is 9. The highest BCUT2D eigenvalue weighted by molar-refractivity contribution is 7.95. The Morgan fingerprint density at radius 2 is 0.860 bits per heavy atom. The fourth-order valence-corrected chi connectivity index (χ4v) is 5.73. The average molecular weight is 649 g/mol. The second kappa shape index (κ2) is 10.6. The summed E-state index contributed by atoms with van der Waals surface area (Å²) in [6.07, 6.45) is 0. The highest BCUT2D eigenvalue weighted by Crippen LogP contribution is 2.68. The zero-order valence-corrected chi connectivity index (χ0v) is 22.8. The summed E-state index contributed by atoms with van der Waals surface area (Å²) in [7, 11) is -4.25. The third-order valence-electron chi connectivity index (χ3n) is 6.26. The Bertz CT molecular complexity index is 1720. The summed E-state index contributed by atoms with van der Waals surface area (Å²) in [6.45, 7) is 0. The van der Waals surface area contributed by atoms with Crippen molar-refractivity contribution in [3.8, 4) is 17.2 Å². The Hall–Kier alpha value is -3.98. The Kier molecular flexibility index (Phi) is 7.53. The molecule has 1 aliphatic carbocycles. The maximum absolute atomic E-state index is 15.5. The van der Waals surface area contributed by atoms with E-state index >= 15 is 8.78 Å². The van der Waals surface area contributed by atoms with E-state index in [1.54, 1.807) is 0 Å². The van der Waals surface area contributed by atoms with Crippen molar-refractivity contribution in [2.24, 2.45) is 0 Å². The lowest BCUT2D eigenvalue weighted by Crippen LogP contribution is -2.89. The van der Waals surface area contributed by atoms with Crippen molar-refractivity contribution in [1.29, 1.82) is 0 Å². The van der Waals surface area contributed by atoms with Crippen LogP contribution in [0, 0.1) is 11.6 Å². The first-order valence-corrected chi connectivity index (χ1v) is 14.2. The van der Waals surface area contributed by atoms with Crippen molar-refractivity contribution in [1.82, 2.24) is 0 Å². The maximum atomic E-state index is 15.5. The van der Waals surface area contributed by atoms with Gasteiger partial charge in [0.1, 0.15) is 28.9 Å². The van der Waals surface area contributed by atoms with Gasteiger partial charge in [-0.25, -0.2) is 17.2 Å². The molecule has 0 N–H and O–H groups in total. The molecule has 43 heavy (non-hydrogen) atoms. The molecule has 1 aliphatic rings. The zero-order valence-electron chi connectivity index (χ0n) is 21.1. The molecule has 1 saturated carbocycles. The van der Waals surface area contributed by atoms with Crippen molar-refractivity contribution in [3.05, 3.63) is 109 Å². The third-order valence-corrected chi connectivity index (χ3v) is 8.79. The molecule has 0 radical (unpaired) electrons. The standard InChI is InChI=1S/C28H16F8O5S2/c29-17-1-11-22(12-2-17)42-41-21-7-5-19(6-8-21)39-27(35)25(31,32)26(33,34)28(27,36)40-20-9-15-24(16-10-20)43(37,38)23-13-3-18(30)4-14-23/h1-16H. The minimum Gasteiger partial charge on any atom is -0.447 e. The minimum absolute atomic E-state index is 0.0683. The molecule has 2 atom stereocenters. The highest BCUT2D eigenvalue weighted by atomic mass is 32.2. The molecule has 0 saturated heterocycles. The second-order valence-electron chi connectivity index (χ2n) is 9.06. The predicted molar refractivity (Wildman–Crippen MR) is 136 cm³/mol. The smallest absolute Gasteiger partial charge is 0.395 e. The van der Waals surface area contributed by atoms with Gasteiger partial charge in [0, 0.05) is 4.90 Å². The zero-order chi connectivity index (χ0) is 31.3. The normalized spacial score (nSPS) is 22.3. The first-order valence-electron chi connectivity index (χ1n) is 11.9. The van der Waals surface area contributed by atoms with Crippen LogP contribution in [0.3, 0.4) is 0 Å². The molecule has 1 fully saturated rings. The third kappa shape index (κ3) is 5.03. The van der Waals surface area contributed by atoms with Gasteiger partial charge in [-0.15, -0.1) is 0 Å². The van der Waals surface area contributed by atoms with E-state index in [-0.39, 0.29) is 10.6 Å². The van der Waals surface area contributed by atoms with Crippen molar-refractivity contribution < 1.29 is 57.2 Å². The monoisotopic (exact) mass is 648 g/mol. The van der Waals surface area contributed by atoms with E-state index < -0.39 is 61.4 Å². The lowest BCUT2D eigenvalue weighted by Gasteiger charge is -2.55. The van der Waals surface area contributed by atoms with Gasteiger partial charge in [-0.2, -0.15) is 26.3 Å². The molecule has 5 nitrogen and oxygen atoms in total. The van der Waals surface area contributed by atoms with E-state index in [9.17, 15) is 34.8 Å². The van der Waals surface area contributed by atoms with Gasteiger partial charge >= 0.3 is 23.6 Å². The van der Waals surface area contributed by atoms with Gasteiger partial charge in [0.05, 0.1) is 21.8 Å². The molecule has 4 aromatic rings. The molecule has 4 aromatic carbocycles. The highest BCUT2D eigenvalue weighted by Gasteiger charge is 3.03. The summed E-state index contributed by atoms with van der Waals surface area (Å²) < 4.78 is 154. The quantitative estimate of drug-likeness (QED) is 0.104. The van der Waals surface area contributed by atoms with E-state index in [1.165, 1.54) is 24.3 Å². The molecule has 15 heteroatoms. The number of benzene rings is 4. The summed E-state index contributed by atoms with van der Waals surface area (Å²) in [6, 6.07) is 15.6. The molecule has 2 unspecified atom stereocenters. The number of ether oxygens (including phenoxy) is 2. The molecule has 0 amide bonds. The number of hydrogen-bond donors (Lipinski definition) is 0. The molecular weight excluding hydrogens is 632 g/mol. The summed E-state index contributed by atoms with van der Waals surface area (Å²) in [4.78, 5) is -0.315. The Balaban J connectivity index is 1.34. The topological polar surface area (TPSA) is 61.8 Å². The molecule has 0 aromatic heterocycles. The van der Waals surface area contributed by atoms with Gasteiger partial charge in [-0.3, -0.25) is 0 Å². The lowest BCUT2D eigenvalue weighted by atomic mass is 9.76. The van der Waals surface area contributed by atoms with Gasteiger partial charge < -0.3 is 13.7 Å². The van der Waals surface area contributed by atoms with E-state index in [1.807, 2.05) is 0 Å². The van der Waals surface area contributed by atoms with Gasteiger partial charge in [-0.05, 0) is 97.1 Å². The van der Waals surface area contributed by atoms with Crippen LogP contribution in [0.15, 0.2) is 112 Å². The Morgan fingerprint density at radius 3 is 1.30 bits per heavy atom. The summed E-state index contributed by atoms with van der Waals surface area (Å²) >= 11 is 0.786. The van der Waals surface area contributed by atoms with Crippen LogP contribution in [0.2, 0.25) is 0 Å². The van der Waals surface area contributed by atoms with Crippen molar-refractivity contribution in [3.63, 3.8) is 0 Å². The molecule has 0 bridgehead atoms. The first kappa shape index (κ1) is 30.5. The number of alkyl halides is 6. The van der Waals surface area contributed by atoms with Crippen LogP contribution in [-0.4, -0.2) is 32.0 Å². The van der Waals surface area contributed by atoms with Gasteiger partial charge in [0.25, 0.3) is 0 Å². The average Bonchev–Trinajstić information content (AvgIpc) is 2.97. The van der Waals surface area contributed by atoms with E-state index in [2.05, 4.69) is 9.47 Å². The van der Waals surface area contributed by atoms with E-state index in [4.69, 9.17) is 4.18 Å². The van der Waals surface area contributed by atoms with Crippen LogP contribution in [-0.2, 0) is 9.84 Å². The SMILES string of the molecule is O=S(=O)(c1ccc(F)cc1)c1ccc(OC2(F)C(F)(F)C(F)(F)C2(F)Oc2ccc(OSc3ccc(F)cc3)cc2)cc1. The van der Waals surface area contributed by atoms with E-state index in [0.717, 1.165) is 72.7 Å². The number of hydrogen-bond acceptors (Lipinski definition) is 6. The Labute approximate surface area is 243 Å². The van der Waals surface area contributed by atoms with Crippen LogP contribution >= 0.6 is 12.0 Å². The molecule has 0 spiro atoms. The summed E-state index contributed by atoms with van der Waals surface area (Å²) in [5.74, 6) is -24.4. The molecule has 0 heterocycles. The Morgan fingerprint density at radius 1 is 0.512 bits per heavy atom. The first-order chi connectivity index (χ1) is 20.1. The van der Waals surface area contributed by atoms with Crippen LogP contribution in [0.1, 0.15) is 0 Å². The summed E-state index contributed by atoms with van der Waals surface area (Å²) in [5.41, 5.74) is 0. The lowest BCUT2D eigenvalue weighted by molar-refractivity contribution is -0.527. The van der Waals surface area contributed by atoms with Crippen molar-refractivity contribution in [2.75, 3.05) is 0 Å². The minimum atomic E-state index is -5.72. The number of sulfone groups is 1. The van der Waals surface area contributed by atoms with Crippen LogP contribution in [0.4, 0.5) is 35.1 Å². The van der Waals surface area contributed by atoms with Crippen molar-refractivity contribution >= 4 is 21.9 Å². The number of halogens is 8. The maximum Gasteiger partial charge on any atom is 0.395 e. The fraction of sp³-hybridized carbons (Fsp3) is 0.143. The van der Waals surface area contributed by atoms with Gasteiger partial charge in [0.2, 0.25) is 9.84 Å². The second-order valence-corrected chi connectivity index (χ2v) is 11.8. The van der Waals surface area contributed by atoms with Crippen LogP contribution in [0.25, 0.3) is 0 Å². The predicted octanol–water partition coefficient (Wildman–Crippen LogP) is 7.96. The van der Waals surface area contributed by atoms with Gasteiger partial charge in [0.15, 0.2) is 0 Å². The molecule has 226 valence electrons. The largest absolute Gasteiger partial charge is 0.447 e. The van der Waals surface area contributed by atoms with Crippen molar-refractivity contribution in [2.45, 2.75) is 38.2 Å². The molecular formula is C28H16F8O5S2. The fourth-order valence-electron chi connectivity index (χ4n) is 3.92. The molecule has 0 aliphatic heterocycles. The van der Waals surface area contributed by atoms with Crippen LogP contribution < -0.4 is 13.7 Å². The van der Waals surface area contributed by atoms with Gasteiger partial charge in [-0.1, -0.05) is 0 Å². The van der Waals surface area contributed by atoms with Crippen LogP contribution in [0.5, 0.6) is 17.2 Å². The molecule has 5 rings (SSSR count). The van der Waals surface area contributed by atoms with E-state index in [0.29, 0.717) is 17.0 Å². The summed E-state index contributed by atoms with van der Waals surface area (Å²) in [5, 5.41) is 0.